The molecule has 0 bridgehead atoms. The number of thiazole rings is 1. The van der Waals surface area contributed by atoms with Gasteiger partial charge in [-0.05, 0) is 53.6 Å². The Bertz CT molecular complexity index is 3150. The number of fused-ring (bicyclic) bond motifs is 7. The molecule has 0 atom stereocenters. The Hall–Kier alpha value is -6.54. The highest BCUT2D eigenvalue weighted by Crippen LogP contribution is 2.40. The van der Waals surface area contributed by atoms with Crippen LogP contribution in [0.15, 0.2) is 162 Å². The van der Waals surface area contributed by atoms with E-state index in [0.29, 0.717) is 17.5 Å². The summed E-state index contributed by atoms with van der Waals surface area (Å²) in [5, 5.41) is 5.53. The number of furan rings is 1. The molecule has 0 saturated carbocycles. The molecule has 0 fully saturated rings. The van der Waals surface area contributed by atoms with Gasteiger partial charge in [0, 0.05) is 53.2 Å². The van der Waals surface area contributed by atoms with Crippen LogP contribution in [-0.4, -0.2) is 19.9 Å². The maximum Gasteiger partial charge on any atom is 0.164 e. The summed E-state index contributed by atoms with van der Waals surface area (Å²) in [6, 6.07) is 54.6. The number of benzene rings is 7. The third-order valence-electron chi connectivity index (χ3n) is 9.80. The summed E-state index contributed by atoms with van der Waals surface area (Å²) in [5.74, 6) is 1.87. The summed E-state index contributed by atoms with van der Waals surface area (Å²) < 4.78 is 10.2. The Balaban J connectivity index is 1.02. The molecule has 11 rings (SSSR count). The Morgan fingerprint density at radius 3 is 1.92 bits per heavy atom. The molecule has 0 N–H and O–H groups in total. The van der Waals surface area contributed by atoms with Crippen molar-refractivity contribution in [3.63, 3.8) is 0 Å². The lowest BCUT2D eigenvalue weighted by Crippen LogP contribution is -2.00. The first kappa shape index (κ1) is 30.1. The topological polar surface area (TPSA) is 64.7 Å². The number of para-hydroxylation sites is 1. The lowest BCUT2D eigenvalue weighted by Gasteiger charge is -2.09. The third kappa shape index (κ3) is 5.12. The Morgan fingerprint density at radius 1 is 0.377 bits per heavy atom. The van der Waals surface area contributed by atoms with Crippen molar-refractivity contribution >= 4 is 75.0 Å². The third-order valence-corrected chi connectivity index (χ3v) is 12.0. The summed E-state index contributed by atoms with van der Waals surface area (Å²) in [4.78, 5) is 20.1. The fourth-order valence-electron chi connectivity index (χ4n) is 7.20. The fourth-order valence-corrected chi connectivity index (χ4v) is 9.32. The molecule has 0 amide bonds. The van der Waals surface area contributed by atoms with E-state index in [0.717, 1.165) is 65.8 Å². The molecule has 11 aromatic rings. The van der Waals surface area contributed by atoms with Gasteiger partial charge in [0.05, 0.1) is 10.2 Å². The van der Waals surface area contributed by atoms with E-state index in [1.807, 2.05) is 48.5 Å². The average molecular weight is 715 g/mol. The van der Waals surface area contributed by atoms with Crippen molar-refractivity contribution in [3.05, 3.63) is 158 Å². The van der Waals surface area contributed by atoms with Gasteiger partial charge >= 0.3 is 0 Å². The number of hydrogen-bond acceptors (Lipinski definition) is 7. The highest BCUT2D eigenvalue weighted by molar-refractivity contribution is 7.25. The van der Waals surface area contributed by atoms with Crippen molar-refractivity contribution in [2.24, 2.45) is 0 Å². The van der Waals surface area contributed by atoms with Crippen molar-refractivity contribution in [2.45, 2.75) is 0 Å². The van der Waals surface area contributed by atoms with Crippen LogP contribution in [0.3, 0.4) is 0 Å². The molecule has 5 nitrogen and oxygen atoms in total. The van der Waals surface area contributed by atoms with Crippen molar-refractivity contribution in [1.29, 1.82) is 0 Å². The van der Waals surface area contributed by atoms with Crippen LogP contribution >= 0.6 is 22.7 Å². The van der Waals surface area contributed by atoms with Crippen LogP contribution in [0.2, 0.25) is 0 Å². The van der Waals surface area contributed by atoms with E-state index < -0.39 is 0 Å². The summed E-state index contributed by atoms with van der Waals surface area (Å²) in [6.07, 6.45) is 0. The molecule has 53 heavy (non-hydrogen) atoms. The standard InChI is InChI=1S/C46H26N4OS2/c1-2-9-28(10-3-1)43-48-44(31-22-23-33-32-11-4-6-15-39(32)52-41(33)26-31)50-45(49-43)35-12-8-14-37-42(35)34-24-21-30(25-38(34)51-37)27-17-19-29(20-18-27)46-47-36-13-5-7-16-40(36)53-46/h1-26H. The lowest BCUT2D eigenvalue weighted by molar-refractivity contribution is 0.669. The normalized spacial score (nSPS) is 11.8. The van der Waals surface area contributed by atoms with E-state index in [1.165, 1.54) is 24.9 Å². The maximum absolute atomic E-state index is 6.53. The minimum atomic E-state index is 0.605. The van der Waals surface area contributed by atoms with Crippen molar-refractivity contribution in [1.82, 2.24) is 19.9 Å². The van der Waals surface area contributed by atoms with Crippen LogP contribution in [0.25, 0.3) is 108 Å². The Kier molecular flexibility index (Phi) is 6.83. The Morgan fingerprint density at radius 2 is 1.06 bits per heavy atom. The molecule has 4 heterocycles. The maximum atomic E-state index is 6.53. The minimum absolute atomic E-state index is 0.605. The van der Waals surface area contributed by atoms with Gasteiger partial charge in [0.1, 0.15) is 16.2 Å². The molecule has 0 saturated heterocycles. The van der Waals surface area contributed by atoms with Gasteiger partial charge in [0.15, 0.2) is 17.5 Å². The van der Waals surface area contributed by atoms with E-state index in [9.17, 15) is 0 Å². The summed E-state index contributed by atoms with van der Waals surface area (Å²) >= 11 is 3.51. The molecular formula is C46H26N4OS2. The van der Waals surface area contributed by atoms with Crippen LogP contribution in [0.5, 0.6) is 0 Å². The van der Waals surface area contributed by atoms with Gasteiger partial charge in [-0.1, -0.05) is 115 Å². The molecule has 4 aromatic heterocycles. The number of rotatable bonds is 5. The van der Waals surface area contributed by atoms with Gasteiger partial charge in [-0.25, -0.2) is 19.9 Å². The molecule has 0 aliphatic carbocycles. The van der Waals surface area contributed by atoms with Gasteiger partial charge in [-0.3, -0.25) is 0 Å². The SMILES string of the molecule is c1ccc(-c2nc(-c3ccc4c(c3)sc3ccccc34)nc(-c3cccc4oc5cc(-c6ccc(-c7nc8ccccc8s7)cc6)ccc5c34)n2)cc1. The number of nitrogens with zero attached hydrogens (tertiary/aromatic N) is 4. The van der Waals surface area contributed by atoms with Crippen LogP contribution in [0.4, 0.5) is 0 Å². The van der Waals surface area contributed by atoms with Gasteiger partial charge in [0.2, 0.25) is 0 Å². The van der Waals surface area contributed by atoms with Crippen LogP contribution in [0, 0.1) is 0 Å². The first-order valence-corrected chi connectivity index (χ1v) is 19.0. The molecule has 0 spiro atoms. The number of hydrogen-bond donors (Lipinski definition) is 0. The fraction of sp³-hybridized carbons (Fsp3) is 0. The van der Waals surface area contributed by atoms with Crippen molar-refractivity contribution in [2.75, 3.05) is 0 Å². The average Bonchev–Trinajstić information content (AvgIpc) is 3.94. The van der Waals surface area contributed by atoms with Crippen molar-refractivity contribution < 1.29 is 4.42 Å². The molecule has 0 aliphatic rings. The van der Waals surface area contributed by atoms with Crippen LogP contribution < -0.4 is 0 Å². The van der Waals surface area contributed by atoms with E-state index in [4.69, 9.17) is 24.4 Å². The second kappa shape index (κ2) is 12.0. The quantitative estimate of drug-likeness (QED) is 0.178. The molecular weight excluding hydrogens is 689 g/mol. The zero-order chi connectivity index (χ0) is 34.9. The first-order valence-electron chi connectivity index (χ1n) is 17.4. The van der Waals surface area contributed by atoms with Gasteiger partial charge in [-0.2, -0.15) is 0 Å². The highest BCUT2D eigenvalue weighted by atomic mass is 32.1. The first-order chi connectivity index (χ1) is 26.2. The molecule has 0 radical (unpaired) electrons. The lowest BCUT2D eigenvalue weighted by atomic mass is 10.0. The summed E-state index contributed by atoms with van der Waals surface area (Å²) in [7, 11) is 0. The van der Waals surface area contributed by atoms with Gasteiger partial charge < -0.3 is 4.42 Å². The predicted octanol–water partition coefficient (Wildman–Crippen LogP) is 13.1. The van der Waals surface area contributed by atoms with Crippen LogP contribution in [0.1, 0.15) is 0 Å². The minimum Gasteiger partial charge on any atom is -0.456 e. The second-order valence-electron chi connectivity index (χ2n) is 13.0. The molecule has 7 heteroatoms. The van der Waals surface area contributed by atoms with Crippen molar-refractivity contribution in [3.8, 4) is 55.9 Å². The Labute approximate surface area is 311 Å². The second-order valence-corrected chi connectivity index (χ2v) is 15.2. The van der Waals surface area contributed by atoms with Gasteiger partial charge in [-0.15, -0.1) is 22.7 Å². The predicted molar refractivity (Wildman–Crippen MR) is 220 cm³/mol. The zero-order valence-corrected chi connectivity index (χ0v) is 29.7. The van der Waals surface area contributed by atoms with Gasteiger partial charge in [0.25, 0.3) is 0 Å². The number of aromatic nitrogens is 4. The molecule has 0 unspecified atom stereocenters. The van der Waals surface area contributed by atoms with Crippen LogP contribution in [-0.2, 0) is 0 Å². The summed E-state index contributed by atoms with van der Waals surface area (Å²) in [6.45, 7) is 0. The largest absolute Gasteiger partial charge is 0.456 e. The zero-order valence-electron chi connectivity index (χ0n) is 28.0. The van der Waals surface area contributed by atoms with E-state index >= 15 is 0 Å². The molecule has 0 aliphatic heterocycles. The van der Waals surface area contributed by atoms with E-state index in [1.54, 1.807) is 22.7 Å². The van der Waals surface area contributed by atoms with E-state index in [2.05, 4.69) is 109 Å². The highest BCUT2D eigenvalue weighted by Gasteiger charge is 2.19. The molecule has 248 valence electrons. The monoisotopic (exact) mass is 714 g/mol. The van der Waals surface area contributed by atoms with E-state index in [-0.39, 0.29) is 0 Å². The molecule has 7 aromatic carbocycles. The number of thiophene rings is 1. The summed E-state index contributed by atoms with van der Waals surface area (Å²) in [5.41, 5.74) is 8.73. The smallest absolute Gasteiger partial charge is 0.164 e.